The second-order valence-corrected chi connectivity index (χ2v) is 2.35. The van der Waals surface area contributed by atoms with E-state index in [1.54, 1.807) is 0 Å². The van der Waals surface area contributed by atoms with Crippen LogP contribution in [0, 0.1) is 11.8 Å². The van der Waals surface area contributed by atoms with Crippen LogP contribution in [0.1, 0.15) is 19.8 Å². The predicted octanol–water partition coefficient (Wildman–Crippen LogP) is 1.02. The Kier molecular flexibility index (Phi) is 1.33. The number of aliphatic hydroxyl groups is 1. The first-order valence-electron chi connectivity index (χ1n) is 2.99. The van der Waals surface area contributed by atoms with E-state index in [4.69, 9.17) is 5.11 Å². The molecular formula is C6H12O. The minimum atomic E-state index is 0.415. The van der Waals surface area contributed by atoms with E-state index in [9.17, 15) is 0 Å². The maximum absolute atomic E-state index is 8.51. The molecule has 1 aliphatic carbocycles. The largest absolute Gasteiger partial charge is 0.396 e. The highest BCUT2D eigenvalue weighted by atomic mass is 16.3. The maximum atomic E-state index is 8.51. The van der Waals surface area contributed by atoms with Crippen molar-refractivity contribution in [1.82, 2.24) is 0 Å². The molecule has 0 saturated heterocycles. The van der Waals surface area contributed by atoms with Gasteiger partial charge in [0.2, 0.25) is 0 Å². The first kappa shape index (κ1) is 5.10. The molecule has 0 aromatic rings. The molecule has 1 rings (SSSR count). The summed E-state index contributed by atoms with van der Waals surface area (Å²) >= 11 is 0. The molecule has 0 radical (unpaired) electrons. The van der Waals surface area contributed by atoms with Gasteiger partial charge in [-0.1, -0.05) is 13.3 Å². The molecule has 1 N–H and O–H groups in total. The summed E-state index contributed by atoms with van der Waals surface area (Å²) in [5, 5.41) is 8.51. The lowest BCUT2D eigenvalue weighted by molar-refractivity contribution is 0.268. The van der Waals surface area contributed by atoms with E-state index in [2.05, 4.69) is 6.92 Å². The molecule has 1 nitrogen and oxygen atoms in total. The maximum Gasteiger partial charge on any atom is 0.0462 e. The average Bonchev–Trinajstić information content (AvgIpc) is 2.43. The molecule has 0 spiro atoms. The predicted molar refractivity (Wildman–Crippen MR) is 29.0 cm³/mol. The Morgan fingerprint density at radius 2 is 2.29 bits per heavy atom. The van der Waals surface area contributed by atoms with Crippen molar-refractivity contribution in [1.29, 1.82) is 0 Å². The Hall–Kier alpha value is -0.0400. The monoisotopic (exact) mass is 100 g/mol. The number of rotatable bonds is 2. The molecule has 0 aliphatic heterocycles. The van der Waals surface area contributed by atoms with Gasteiger partial charge in [0, 0.05) is 6.61 Å². The molecule has 42 valence electrons. The van der Waals surface area contributed by atoms with Gasteiger partial charge in [0.25, 0.3) is 0 Å². The number of aliphatic hydroxyl groups excluding tert-OH is 1. The minimum Gasteiger partial charge on any atom is -0.396 e. The van der Waals surface area contributed by atoms with Gasteiger partial charge in [-0.05, 0) is 18.3 Å². The Morgan fingerprint density at radius 3 is 2.43 bits per heavy atom. The fourth-order valence-electron chi connectivity index (χ4n) is 1.03. The Bertz CT molecular complexity index is 53.2. The van der Waals surface area contributed by atoms with Crippen molar-refractivity contribution in [3.8, 4) is 0 Å². The lowest BCUT2D eigenvalue weighted by Gasteiger charge is -1.85. The van der Waals surface area contributed by atoms with E-state index < -0.39 is 0 Å². The summed E-state index contributed by atoms with van der Waals surface area (Å²) in [5.74, 6) is 1.54. The van der Waals surface area contributed by atoms with Gasteiger partial charge in [0.1, 0.15) is 0 Å². The summed E-state index contributed by atoms with van der Waals surface area (Å²) in [6.07, 6.45) is 2.53. The molecule has 2 atom stereocenters. The highest BCUT2D eigenvalue weighted by Gasteiger charge is 2.33. The lowest BCUT2D eigenvalue weighted by Crippen LogP contribution is -1.85. The van der Waals surface area contributed by atoms with Crippen molar-refractivity contribution in [3.63, 3.8) is 0 Å². The number of hydrogen-bond donors (Lipinski definition) is 1. The van der Waals surface area contributed by atoms with E-state index in [0.29, 0.717) is 12.5 Å². The van der Waals surface area contributed by atoms with E-state index in [0.717, 1.165) is 5.92 Å². The summed E-state index contributed by atoms with van der Waals surface area (Å²) in [4.78, 5) is 0. The van der Waals surface area contributed by atoms with Crippen LogP contribution in [0.2, 0.25) is 0 Å². The third-order valence-electron chi connectivity index (χ3n) is 1.83. The van der Waals surface area contributed by atoms with E-state index in [1.165, 1.54) is 12.8 Å². The highest BCUT2D eigenvalue weighted by Crippen LogP contribution is 2.39. The molecule has 1 fully saturated rings. The molecule has 0 amide bonds. The third-order valence-corrected chi connectivity index (χ3v) is 1.83. The summed E-state index contributed by atoms with van der Waals surface area (Å²) in [6, 6.07) is 0. The van der Waals surface area contributed by atoms with Crippen LogP contribution in [0.4, 0.5) is 0 Å². The standard InChI is InChI=1S/C6H12O/c1-2-5-3-6(5)4-7/h5-7H,2-4H2,1H3/t5-,6-/m0/s1. The van der Waals surface area contributed by atoms with Gasteiger partial charge in [0.15, 0.2) is 0 Å². The van der Waals surface area contributed by atoms with Crippen molar-refractivity contribution in [2.24, 2.45) is 11.8 Å². The van der Waals surface area contributed by atoms with Gasteiger partial charge in [-0.3, -0.25) is 0 Å². The van der Waals surface area contributed by atoms with Crippen LogP contribution in [0.3, 0.4) is 0 Å². The van der Waals surface area contributed by atoms with Gasteiger partial charge in [-0.25, -0.2) is 0 Å². The summed E-state index contributed by atoms with van der Waals surface area (Å²) in [5.41, 5.74) is 0. The second-order valence-electron chi connectivity index (χ2n) is 2.35. The lowest BCUT2D eigenvalue weighted by atomic mass is 10.3. The van der Waals surface area contributed by atoms with Crippen LogP contribution in [-0.4, -0.2) is 11.7 Å². The van der Waals surface area contributed by atoms with Crippen molar-refractivity contribution >= 4 is 0 Å². The Labute approximate surface area is 44.4 Å². The van der Waals surface area contributed by atoms with Crippen molar-refractivity contribution < 1.29 is 5.11 Å². The fourth-order valence-corrected chi connectivity index (χ4v) is 1.03. The highest BCUT2D eigenvalue weighted by molar-refractivity contribution is 4.83. The van der Waals surface area contributed by atoms with Crippen LogP contribution in [0.15, 0.2) is 0 Å². The van der Waals surface area contributed by atoms with E-state index in [1.807, 2.05) is 0 Å². The molecule has 1 heteroatoms. The quantitative estimate of drug-likeness (QED) is 0.549. The minimum absolute atomic E-state index is 0.415. The van der Waals surface area contributed by atoms with Crippen LogP contribution in [-0.2, 0) is 0 Å². The SMILES string of the molecule is CC[C@H]1C[C@H]1CO. The Balaban J connectivity index is 2.06. The third kappa shape index (κ3) is 0.942. The van der Waals surface area contributed by atoms with Gasteiger partial charge in [-0.2, -0.15) is 0 Å². The van der Waals surface area contributed by atoms with Gasteiger partial charge in [0.05, 0.1) is 0 Å². The van der Waals surface area contributed by atoms with Gasteiger partial charge in [-0.15, -0.1) is 0 Å². The van der Waals surface area contributed by atoms with Crippen LogP contribution < -0.4 is 0 Å². The zero-order valence-corrected chi connectivity index (χ0v) is 4.72. The molecule has 0 aromatic carbocycles. The molecule has 0 aromatic heterocycles. The molecule has 0 unspecified atom stereocenters. The normalized spacial score (nSPS) is 38.6. The van der Waals surface area contributed by atoms with E-state index >= 15 is 0 Å². The topological polar surface area (TPSA) is 20.2 Å². The zero-order chi connectivity index (χ0) is 5.28. The summed E-state index contributed by atoms with van der Waals surface area (Å²) in [7, 11) is 0. The smallest absolute Gasteiger partial charge is 0.0462 e. The molecule has 1 saturated carbocycles. The molecule has 7 heavy (non-hydrogen) atoms. The van der Waals surface area contributed by atoms with Crippen LogP contribution in [0.5, 0.6) is 0 Å². The molecule has 1 aliphatic rings. The van der Waals surface area contributed by atoms with Crippen molar-refractivity contribution in [2.75, 3.05) is 6.61 Å². The summed E-state index contributed by atoms with van der Waals surface area (Å²) < 4.78 is 0. The fraction of sp³-hybridized carbons (Fsp3) is 1.00. The van der Waals surface area contributed by atoms with Gasteiger partial charge >= 0.3 is 0 Å². The molecular weight excluding hydrogens is 88.1 g/mol. The summed E-state index contributed by atoms with van der Waals surface area (Å²) in [6.45, 7) is 2.60. The first-order chi connectivity index (χ1) is 3.38. The van der Waals surface area contributed by atoms with E-state index in [-0.39, 0.29) is 0 Å². The molecule has 0 bridgehead atoms. The van der Waals surface area contributed by atoms with Gasteiger partial charge < -0.3 is 5.11 Å². The number of hydrogen-bond acceptors (Lipinski definition) is 1. The Morgan fingerprint density at radius 1 is 1.57 bits per heavy atom. The average molecular weight is 100 g/mol. The zero-order valence-electron chi connectivity index (χ0n) is 4.72. The van der Waals surface area contributed by atoms with Crippen molar-refractivity contribution in [3.05, 3.63) is 0 Å². The van der Waals surface area contributed by atoms with Crippen LogP contribution >= 0.6 is 0 Å². The van der Waals surface area contributed by atoms with Crippen LogP contribution in [0.25, 0.3) is 0 Å². The van der Waals surface area contributed by atoms with Crippen molar-refractivity contribution in [2.45, 2.75) is 19.8 Å². The molecule has 0 heterocycles. The first-order valence-corrected chi connectivity index (χ1v) is 2.99. The second kappa shape index (κ2) is 1.83.